The molecule has 2 aliphatic rings. The quantitative estimate of drug-likeness (QED) is 0.753. The summed E-state index contributed by atoms with van der Waals surface area (Å²) in [6, 6.07) is 0. The van der Waals surface area contributed by atoms with Crippen LogP contribution in [0, 0.1) is 23.7 Å². The van der Waals surface area contributed by atoms with Gasteiger partial charge in [0.1, 0.15) is 24.7 Å². The molecule has 2 nitrogen and oxygen atoms in total. The van der Waals surface area contributed by atoms with Crippen LogP contribution in [0.4, 0.5) is 17.6 Å². The average Bonchev–Trinajstić information content (AvgIpc) is 2.39. The summed E-state index contributed by atoms with van der Waals surface area (Å²) in [5.41, 5.74) is 0. The molecule has 4 atom stereocenters. The largest absolute Gasteiger partial charge is 0.396 e. The number of aliphatic hydroxyl groups is 2. The van der Waals surface area contributed by atoms with Crippen molar-refractivity contribution in [2.24, 2.45) is 23.7 Å². The number of hydrogen-bond acceptors (Lipinski definition) is 2. The molecule has 0 aromatic rings. The number of aliphatic hydroxyl groups excluding tert-OH is 2. The zero-order valence-corrected chi connectivity index (χ0v) is 10.4. The van der Waals surface area contributed by atoms with Gasteiger partial charge in [-0.1, -0.05) is 13.8 Å². The molecule has 0 heterocycles. The molecule has 2 fully saturated rings. The van der Waals surface area contributed by atoms with Crippen molar-refractivity contribution < 1.29 is 27.8 Å². The topological polar surface area (TPSA) is 40.5 Å². The van der Waals surface area contributed by atoms with E-state index in [1.165, 1.54) is 13.8 Å². The van der Waals surface area contributed by atoms with Crippen LogP contribution >= 0.6 is 0 Å². The third-order valence-electron chi connectivity index (χ3n) is 4.07. The van der Waals surface area contributed by atoms with Crippen LogP contribution in [-0.2, 0) is 0 Å². The number of hydrogen-bond donors (Lipinski definition) is 2. The van der Waals surface area contributed by atoms with Gasteiger partial charge in [0.05, 0.1) is 13.2 Å². The van der Waals surface area contributed by atoms with Gasteiger partial charge in [-0.25, -0.2) is 17.6 Å². The van der Waals surface area contributed by atoms with Gasteiger partial charge < -0.3 is 10.2 Å². The fraction of sp³-hybridized carbons (Fsp3) is 1.00. The second-order valence-electron chi connectivity index (χ2n) is 5.19. The minimum atomic E-state index is -1.13. The van der Waals surface area contributed by atoms with Crippen LogP contribution < -0.4 is 0 Å². The lowest BCUT2D eigenvalue weighted by Gasteiger charge is -2.39. The third-order valence-corrected chi connectivity index (χ3v) is 4.07. The summed E-state index contributed by atoms with van der Waals surface area (Å²) in [4.78, 5) is 0. The van der Waals surface area contributed by atoms with Crippen molar-refractivity contribution in [3.8, 4) is 0 Å². The van der Waals surface area contributed by atoms with Crippen LogP contribution in [0.25, 0.3) is 0 Å². The molecular weight excluding hydrogens is 252 g/mol. The first-order valence-electron chi connectivity index (χ1n) is 6.14. The van der Waals surface area contributed by atoms with E-state index in [1.54, 1.807) is 0 Å². The Morgan fingerprint density at radius 3 is 1.00 bits per heavy atom. The standard InChI is InChI=1S/2C6H10F2O/c2*1-3-5(7)4(2-9)6(3)8/h2*3-6,9H,2H2,1H3. The summed E-state index contributed by atoms with van der Waals surface area (Å²) in [7, 11) is 0. The van der Waals surface area contributed by atoms with E-state index in [0.717, 1.165) is 0 Å². The number of halogens is 4. The van der Waals surface area contributed by atoms with Crippen molar-refractivity contribution >= 4 is 0 Å². The molecule has 0 aromatic carbocycles. The fourth-order valence-electron chi connectivity index (χ4n) is 2.37. The van der Waals surface area contributed by atoms with Crippen LogP contribution in [-0.4, -0.2) is 48.1 Å². The fourth-order valence-corrected chi connectivity index (χ4v) is 2.37. The van der Waals surface area contributed by atoms with Crippen molar-refractivity contribution in [3.05, 3.63) is 0 Å². The van der Waals surface area contributed by atoms with Gasteiger partial charge in [-0.15, -0.1) is 0 Å². The van der Waals surface area contributed by atoms with Crippen LogP contribution in [0.3, 0.4) is 0 Å². The molecule has 108 valence electrons. The SMILES string of the molecule is CC1C(F)C(CO)C1F.CC1C(F)C(CO)C1F. The molecule has 18 heavy (non-hydrogen) atoms. The number of alkyl halides is 4. The second-order valence-corrected chi connectivity index (χ2v) is 5.19. The second kappa shape index (κ2) is 6.19. The van der Waals surface area contributed by atoms with Gasteiger partial charge in [-0.2, -0.15) is 0 Å². The molecule has 2 rings (SSSR count). The molecule has 0 saturated heterocycles. The van der Waals surface area contributed by atoms with Gasteiger partial charge in [0.25, 0.3) is 0 Å². The van der Waals surface area contributed by atoms with Crippen LogP contribution in [0.5, 0.6) is 0 Å². The Bertz CT molecular complexity index is 220. The van der Waals surface area contributed by atoms with E-state index in [9.17, 15) is 17.6 Å². The van der Waals surface area contributed by atoms with Crippen molar-refractivity contribution in [2.45, 2.75) is 38.5 Å². The Morgan fingerprint density at radius 2 is 0.889 bits per heavy atom. The van der Waals surface area contributed by atoms with Crippen molar-refractivity contribution in [3.63, 3.8) is 0 Å². The Kier molecular flexibility index (Phi) is 5.40. The highest BCUT2D eigenvalue weighted by Gasteiger charge is 2.49. The van der Waals surface area contributed by atoms with E-state index in [2.05, 4.69) is 0 Å². The monoisotopic (exact) mass is 272 g/mol. The highest BCUT2D eigenvalue weighted by molar-refractivity contribution is 4.95. The normalized spacial score (nSPS) is 50.7. The molecule has 2 aliphatic carbocycles. The zero-order chi connectivity index (χ0) is 14.0. The maximum atomic E-state index is 12.4. The zero-order valence-electron chi connectivity index (χ0n) is 10.4. The van der Waals surface area contributed by atoms with Gasteiger partial charge in [0.2, 0.25) is 0 Å². The molecule has 0 aromatic heterocycles. The molecular formula is C12H20F4O2. The van der Waals surface area contributed by atoms with Crippen molar-refractivity contribution in [1.29, 1.82) is 0 Å². The molecule has 0 bridgehead atoms. The first-order valence-corrected chi connectivity index (χ1v) is 6.14. The van der Waals surface area contributed by atoms with Gasteiger partial charge in [-0.05, 0) is 0 Å². The molecule has 6 heteroatoms. The Hall–Kier alpha value is -0.360. The number of rotatable bonds is 2. The molecule has 0 radical (unpaired) electrons. The molecule has 0 spiro atoms. The van der Waals surface area contributed by atoms with E-state index in [4.69, 9.17) is 10.2 Å². The highest BCUT2D eigenvalue weighted by Crippen LogP contribution is 2.39. The third kappa shape index (κ3) is 2.64. The van der Waals surface area contributed by atoms with Gasteiger partial charge in [0, 0.05) is 23.7 Å². The predicted molar refractivity (Wildman–Crippen MR) is 59.1 cm³/mol. The molecule has 0 amide bonds. The summed E-state index contributed by atoms with van der Waals surface area (Å²) in [6.07, 6.45) is -4.54. The summed E-state index contributed by atoms with van der Waals surface area (Å²) in [5.74, 6) is -2.52. The van der Waals surface area contributed by atoms with Gasteiger partial charge in [-0.3, -0.25) is 0 Å². The molecule has 2 N–H and O–H groups in total. The first-order chi connectivity index (χ1) is 8.36. The first kappa shape index (κ1) is 15.7. The maximum absolute atomic E-state index is 12.4. The summed E-state index contributed by atoms with van der Waals surface area (Å²) >= 11 is 0. The smallest absolute Gasteiger partial charge is 0.113 e. The van der Waals surface area contributed by atoms with E-state index >= 15 is 0 Å². The summed E-state index contributed by atoms with van der Waals surface area (Å²) in [5, 5.41) is 16.7. The average molecular weight is 272 g/mol. The lowest BCUT2D eigenvalue weighted by Crippen LogP contribution is -2.50. The Balaban J connectivity index is 0.000000180. The van der Waals surface area contributed by atoms with E-state index in [-0.39, 0.29) is 13.2 Å². The highest BCUT2D eigenvalue weighted by atomic mass is 19.2. The van der Waals surface area contributed by atoms with Gasteiger partial charge >= 0.3 is 0 Å². The summed E-state index contributed by atoms with van der Waals surface area (Å²) in [6.45, 7) is 2.29. The van der Waals surface area contributed by atoms with Crippen LogP contribution in [0.15, 0.2) is 0 Å². The van der Waals surface area contributed by atoms with E-state index < -0.39 is 48.4 Å². The van der Waals surface area contributed by atoms with E-state index in [0.29, 0.717) is 0 Å². The minimum Gasteiger partial charge on any atom is -0.396 e. The predicted octanol–water partition coefficient (Wildman–Crippen LogP) is 1.84. The molecule has 2 saturated carbocycles. The van der Waals surface area contributed by atoms with Crippen LogP contribution in [0.2, 0.25) is 0 Å². The van der Waals surface area contributed by atoms with Crippen molar-refractivity contribution in [1.82, 2.24) is 0 Å². The molecule has 4 unspecified atom stereocenters. The minimum absolute atomic E-state index is 0.368. The van der Waals surface area contributed by atoms with Crippen LogP contribution in [0.1, 0.15) is 13.8 Å². The lowest BCUT2D eigenvalue weighted by atomic mass is 9.72. The Labute approximate surface area is 104 Å². The molecule has 0 aliphatic heterocycles. The van der Waals surface area contributed by atoms with Crippen molar-refractivity contribution in [2.75, 3.05) is 13.2 Å². The van der Waals surface area contributed by atoms with Gasteiger partial charge in [0.15, 0.2) is 0 Å². The van der Waals surface area contributed by atoms with E-state index in [1.807, 2.05) is 0 Å². The lowest BCUT2D eigenvalue weighted by molar-refractivity contribution is -0.0806. The Morgan fingerprint density at radius 1 is 0.667 bits per heavy atom. The summed E-state index contributed by atoms with van der Waals surface area (Å²) < 4.78 is 49.7. The maximum Gasteiger partial charge on any atom is 0.113 e.